The van der Waals surface area contributed by atoms with Crippen molar-refractivity contribution in [2.75, 3.05) is 18.5 Å². The Morgan fingerprint density at radius 1 is 1.25 bits per heavy atom. The van der Waals surface area contributed by atoms with Crippen LogP contribution in [0.15, 0.2) is 36.5 Å². The van der Waals surface area contributed by atoms with E-state index in [4.69, 9.17) is 12.2 Å². The van der Waals surface area contributed by atoms with E-state index in [1.54, 1.807) is 0 Å². The van der Waals surface area contributed by atoms with Gasteiger partial charge in [-0.1, -0.05) is 32.0 Å². The molecule has 3 nitrogen and oxygen atoms in total. The summed E-state index contributed by atoms with van der Waals surface area (Å²) in [6.45, 7) is 6.39. The van der Waals surface area contributed by atoms with Gasteiger partial charge in [0.1, 0.15) is 0 Å². The van der Waals surface area contributed by atoms with Crippen LogP contribution >= 0.6 is 12.2 Å². The zero-order valence-electron chi connectivity index (χ0n) is 12.5. The van der Waals surface area contributed by atoms with Crippen LogP contribution in [-0.2, 0) is 6.54 Å². The molecule has 0 saturated heterocycles. The van der Waals surface area contributed by atoms with Gasteiger partial charge < -0.3 is 14.5 Å². The van der Waals surface area contributed by atoms with Crippen molar-refractivity contribution < 1.29 is 0 Å². The lowest BCUT2D eigenvalue weighted by Crippen LogP contribution is -2.20. The van der Waals surface area contributed by atoms with Crippen LogP contribution in [-0.4, -0.2) is 23.1 Å². The van der Waals surface area contributed by atoms with Crippen LogP contribution < -0.4 is 4.90 Å². The highest BCUT2D eigenvalue weighted by molar-refractivity contribution is 7.71. The smallest absolute Gasteiger partial charge is 0.177 e. The van der Waals surface area contributed by atoms with E-state index >= 15 is 0 Å². The standard InChI is InChI=1S/C16H23N3S/c1-13(2)15-12-17-16(20)19(15)11-7-10-18(3)14-8-5-4-6-9-14/h4-6,8-9,12-13H,7,10-11H2,1-3H3,(H,17,20). The molecule has 20 heavy (non-hydrogen) atoms. The second kappa shape index (κ2) is 6.75. The van der Waals surface area contributed by atoms with E-state index in [2.05, 4.69) is 59.6 Å². The first kappa shape index (κ1) is 14.9. The van der Waals surface area contributed by atoms with E-state index in [0.29, 0.717) is 5.92 Å². The molecular formula is C16H23N3S. The van der Waals surface area contributed by atoms with E-state index in [1.807, 2.05) is 12.3 Å². The molecule has 1 N–H and O–H groups in total. The summed E-state index contributed by atoms with van der Waals surface area (Å²) < 4.78 is 3.05. The van der Waals surface area contributed by atoms with E-state index in [0.717, 1.165) is 24.3 Å². The van der Waals surface area contributed by atoms with E-state index in [-0.39, 0.29) is 0 Å². The van der Waals surface area contributed by atoms with Crippen LogP contribution in [0.3, 0.4) is 0 Å². The molecule has 0 atom stereocenters. The number of rotatable bonds is 6. The maximum Gasteiger partial charge on any atom is 0.177 e. The Balaban J connectivity index is 1.94. The van der Waals surface area contributed by atoms with Gasteiger partial charge >= 0.3 is 0 Å². The van der Waals surface area contributed by atoms with Crippen molar-refractivity contribution in [3.8, 4) is 0 Å². The van der Waals surface area contributed by atoms with Crippen LogP contribution in [0.25, 0.3) is 0 Å². The minimum absolute atomic E-state index is 0.495. The zero-order valence-corrected chi connectivity index (χ0v) is 13.3. The quantitative estimate of drug-likeness (QED) is 0.806. The van der Waals surface area contributed by atoms with Gasteiger partial charge in [-0.3, -0.25) is 0 Å². The molecule has 0 fully saturated rings. The van der Waals surface area contributed by atoms with Gasteiger partial charge in [-0.2, -0.15) is 0 Å². The second-order valence-electron chi connectivity index (χ2n) is 5.44. The van der Waals surface area contributed by atoms with Gasteiger partial charge in [0.25, 0.3) is 0 Å². The molecule has 2 rings (SSSR count). The van der Waals surface area contributed by atoms with Gasteiger partial charge in [0.15, 0.2) is 4.77 Å². The maximum absolute atomic E-state index is 5.36. The highest BCUT2D eigenvalue weighted by Gasteiger charge is 2.08. The predicted octanol–water partition coefficient (Wildman–Crippen LogP) is 4.20. The molecule has 0 amide bonds. The first-order valence-corrected chi connectivity index (χ1v) is 7.54. The third kappa shape index (κ3) is 3.51. The molecule has 4 heteroatoms. The summed E-state index contributed by atoms with van der Waals surface area (Å²) in [5.41, 5.74) is 2.55. The average Bonchev–Trinajstić information content (AvgIpc) is 2.81. The number of imidazole rings is 1. The minimum Gasteiger partial charge on any atom is -0.375 e. The number of nitrogens with one attached hydrogen (secondary N) is 1. The number of aromatic amines is 1. The number of H-pyrrole nitrogens is 1. The molecule has 0 spiro atoms. The fourth-order valence-electron chi connectivity index (χ4n) is 2.40. The summed E-state index contributed by atoms with van der Waals surface area (Å²) in [7, 11) is 2.13. The Kier molecular flexibility index (Phi) is 5.01. The normalized spacial score (nSPS) is 11.0. The topological polar surface area (TPSA) is 24.0 Å². The number of benzene rings is 1. The number of aromatic nitrogens is 2. The number of hydrogen-bond donors (Lipinski definition) is 1. The molecule has 0 aliphatic heterocycles. The van der Waals surface area contributed by atoms with Gasteiger partial charge in [0.2, 0.25) is 0 Å². The SMILES string of the molecule is CC(C)c1c[nH]c(=S)n1CCCN(C)c1ccccc1. The van der Waals surface area contributed by atoms with Crippen LogP contribution in [0.2, 0.25) is 0 Å². The lowest BCUT2D eigenvalue weighted by atomic mass is 10.1. The molecule has 1 heterocycles. The molecule has 0 saturated carbocycles. The molecule has 1 aromatic heterocycles. The lowest BCUT2D eigenvalue weighted by Gasteiger charge is -2.20. The van der Waals surface area contributed by atoms with E-state index in [9.17, 15) is 0 Å². The molecular weight excluding hydrogens is 266 g/mol. The van der Waals surface area contributed by atoms with Crippen molar-refractivity contribution >= 4 is 17.9 Å². The fourth-order valence-corrected chi connectivity index (χ4v) is 2.65. The molecule has 2 aromatic rings. The number of hydrogen-bond acceptors (Lipinski definition) is 2. The van der Waals surface area contributed by atoms with Crippen molar-refractivity contribution in [3.05, 3.63) is 47.0 Å². The Hall–Kier alpha value is -1.55. The van der Waals surface area contributed by atoms with Gasteiger partial charge in [-0.15, -0.1) is 0 Å². The predicted molar refractivity (Wildman–Crippen MR) is 88.0 cm³/mol. The molecule has 0 bridgehead atoms. The number of nitrogens with zero attached hydrogens (tertiary/aromatic N) is 2. The van der Waals surface area contributed by atoms with Crippen LogP contribution in [0, 0.1) is 4.77 Å². The molecule has 0 aliphatic rings. The first-order chi connectivity index (χ1) is 9.59. The number of para-hydroxylation sites is 1. The average molecular weight is 289 g/mol. The van der Waals surface area contributed by atoms with Crippen LogP contribution in [0.5, 0.6) is 0 Å². The monoisotopic (exact) mass is 289 g/mol. The molecule has 0 unspecified atom stereocenters. The molecule has 0 aliphatic carbocycles. The Labute approximate surface area is 126 Å². The first-order valence-electron chi connectivity index (χ1n) is 7.14. The summed E-state index contributed by atoms with van der Waals surface area (Å²) >= 11 is 5.36. The summed E-state index contributed by atoms with van der Waals surface area (Å²) in [5, 5.41) is 0. The molecule has 108 valence electrons. The van der Waals surface area contributed by atoms with Crippen molar-refractivity contribution in [3.63, 3.8) is 0 Å². The summed E-state index contributed by atoms with van der Waals surface area (Å²) in [5.74, 6) is 0.495. The summed E-state index contributed by atoms with van der Waals surface area (Å²) in [6, 6.07) is 10.5. The van der Waals surface area contributed by atoms with Crippen molar-refractivity contribution in [1.82, 2.24) is 9.55 Å². The minimum atomic E-state index is 0.495. The Morgan fingerprint density at radius 2 is 1.95 bits per heavy atom. The summed E-state index contributed by atoms with van der Waals surface area (Å²) in [4.78, 5) is 5.44. The molecule has 1 aromatic carbocycles. The van der Waals surface area contributed by atoms with Crippen molar-refractivity contribution in [2.24, 2.45) is 0 Å². The number of anilines is 1. The zero-order chi connectivity index (χ0) is 14.5. The molecule has 0 radical (unpaired) electrons. The highest BCUT2D eigenvalue weighted by Crippen LogP contribution is 2.16. The maximum atomic E-state index is 5.36. The van der Waals surface area contributed by atoms with Crippen molar-refractivity contribution in [2.45, 2.75) is 32.7 Å². The van der Waals surface area contributed by atoms with Gasteiger partial charge in [0, 0.05) is 37.7 Å². The lowest BCUT2D eigenvalue weighted by molar-refractivity contribution is 0.592. The van der Waals surface area contributed by atoms with Gasteiger partial charge in [-0.25, -0.2) is 0 Å². The fraction of sp³-hybridized carbons (Fsp3) is 0.438. The highest BCUT2D eigenvalue weighted by atomic mass is 32.1. The largest absolute Gasteiger partial charge is 0.375 e. The van der Waals surface area contributed by atoms with E-state index in [1.165, 1.54) is 11.4 Å². The van der Waals surface area contributed by atoms with Crippen LogP contribution in [0.4, 0.5) is 5.69 Å². The third-order valence-electron chi connectivity index (χ3n) is 3.56. The third-order valence-corrected chi connectivity index (χ3v) is 3.90. The van der Waals surface area contributed by atoms with E-state index < -0.39 is 0 Å². The van der Waals surface area contributed by atoms with Gasteiger partial charge in [0.05, 0.1) is 0 Å². The Morgan fingerprint density at radius 3 is 2.60 bits per heavy atom. The van der Waals surface area contributed by atoms with Crippen molar-refractivity contribution in [1.29, 1.82) is 0 Å². The summed E-state index contributed by atoms with van der Waals surface area (Å²) in [6.07, 6.45) is 3.12. The van der Waals surface area contributed by atoms with Crippen LogP contribution in [0.1, 0.15) is 31.9 Å². The Bertz CT molecular complexity index is 583. The van der Waals surface area contributed by atoms with Gasteiger partial charge in [-0.05, 0) is 36.7 Å². The second-order valence-corrected chi connectivity index (χ2v) is 5.82.